The van der Waals surface area contributed by atoms with Crippen LogP contribution < -0.4 is 5.32 Å². The van der Waals surface area contributed by atoms with E-state index in [1.54, 1.807) is 0 Å². The molecule has 2 aromatic rings. The van der Waals surface area contributed by atoms with Gasteiger partial charge in [0.1, 0.15) is 16.5 Å². The second-order valence-electron chi connectivity index (χ2n) is 4.89. The zero-order chi connectivity index (χ0) is 17.2. The number of rotatable bonds is 4. The molecular formula is C15H14F2N2O3S. The lowest BCUT2D eigenvalue weighted by Gasteiger charge is -2.13. The minimum Gasteiger partial charge on any atom is -0.322 e. The molecule has 0 radical (unpaired) electrons. The highest BCUT2D eigenvalue weighted by Gasteiger charge is 2.22. The third-order valence-corrected chi connectivity index (χ3v) is 4.88. The zero-order valence-corrected chi connectivity index (χ0v) is 13.2. The summed E-state index contributed by atoms with van der Waals surface area (Å²) < 4.78 is 51.5. The maximum atomic E-state index is 13.8. The van der Waals surface area contributed by atoms with E-state index in [2.05, 4.69) is 5.32 Å². The Morgan fingerprint density at radius 1 is 1.04 bits per heavy atom. The van der Waals surface area contributed by atoms with Crippen LogP contribution in [-0.4, -0.2) is 32.7 Å². The monoisotopic (exact) mass is 340 g/mol. The Morgan fingerprint density at radius 3 is 2.22 bits per heavy atom. The summed E-state index contributed by atoms with van der Waals surface area (Å²) in [7, 11) is -1.43. The van der Waals surface area contributed by atoms with Gasteiger partial charge in [0.2, 0.25) is 10.0 Å². The van der Waals surface area contributed by atoms with Gasteiger partial charge in [0.05, 0.1) is 0 Å². The molecule has 8 heteroatoms. The van der Waals surface area contributed by atoms with E-state index in [9.17, 15) is 22.0 Å². The van der Waals surface area contributed by atoms with Gasteiger partial charge < -0.3 is 5.32 Å². The average molecular weight is 340 g/mol. The maximum absolute atomic E-state index is 13.8. The van der Waals surface area contributed by atoms with Gasteiger partial charge in [-0.1, -0.05) is 0 Å². The van der Waals surface area contributed by atoms with Crippen molar-refractivity contribution in [2.24, 2.45) is 0 Å². The summed E-state index contributed by atoms with van der Waals surface area (Å²) in [5.74, 6) is -1.97. The van der Waals surface area contributed by atoms with Gasteiger partial charge >= 0.3 is 0 Å². The first-order valence-corrected chi connectivity index (χ1v) is 7.95. The molecule has 0 unspecified atom stereocenters. The Balaban J connectivity index is 2.31. The van der Waals surface area contributed by atoms with Gasteiger partial charge in [0.15, 0.2) is 0 Å². The smallest absolute Gasteiger partial charge is 0.255 e. The number of nitrogens with one attached hydrogen (secondary N) is 1. The predicted octanol–water partition coefficient (Wildman–Crippen LogP) is 2.47. The summed E-state index contributed by atoms with van der Waals surface area (Å²) in [6.45, 7) is 0. The van der Waals surface area contributed by atoms with E-state index in [1.165, 1.54) is 32.3 Å². The molecular weight excluding hydrogens is 326 g/mol. The third-order valence-electron chi connectivity index (χ3n) is 3.05. The number of carbonyl (C=O) groups is 1. The van der Waals surface area contributed by atoms with Crippen molar-refractivity contribution < 1.29 is 22.0 Å². The Labute approximate surface area is 132 Å². The molecule has 1 N–H and O–H groups in total. The highest BCUT2D eigenvalue weighted by molar-refractivity contribution is 7.89. The first-order chi connectivity index (χ1) is 10.7. The van der Waals surface area contributed by atoms with Gasteiger partial charge in [-0.15, -0.1) is 0 Å². The number of carbonyl (C=O) groups excluding carboxylic acids is 1. The van der Waals surface area contributed by atoms with Crippen LogP contribution in [-0.2, 0) is 10.0 Å². The zero-order valence-electron chi connectivity index (χ0n) is 12.4. The normalized spacial score (nSPS) is 11.5. The number of amides is 1. The number of hydrogen-bond acceptors (Lipinski definition) is 3. The average Bonchev–Trinajstić information content (AvgIpc) is 2.49. The second kappa shape index (κ2) is 6.43. The molecule has 0 saturated heterocycles. The van der Waals surface area contributed by atoms with E-state index in [0.29, 0.717) is 0 Å². The number of halogens is 2. The molecule has 23 heavy (non-hydrogen) atoms. The predicted molar refractivity (Wildman–Crippen MR) is 81.6 cm³/mol. The highest BCUT2D eigenvalue weighted by Crippen LogP contribution is 2.22. The Hall–Kier alpha value is -2.32. The molecule has 0 aliphatic carbocycles. The summed E-state index contributed by atoms with van der Waals surface area (Å²) >= 11 is 0. The summed E-state index contributed by atoms with van der Waals surface area (Å²) in [6.07, 6.45) is 0. The van der Waals surface area contributed by atoms with Gasteiger partial charge in [0.25, 0.3) is 5.91 Å². The Bertz CT molecular complexity index is 834. The summed E-state index contributed by atoms with van der Waals surface area (Å²) in [4.78, 5) is 11.5. The van der Waals surface area contributed by atoms with Crippen molar-refractivity contribution in [2.45, 2.75) is 4.90 Å². The molecule has 0 fully saturated rings. The van der Waals surface area contributed by atoms with Crippen LogP contribution in [0.1, 0.15) is 10.4 Å². The molecule has 0 bridgehead atoms. The van der Waals surface area contributed by atoms with Gasteiger partial charge in [0, 0.05) is 25.3 Å². The molecule has 2 rings (SSSR count). The largest absolute Gasteiger partial charge is 0.322 e. The summed E-state index contributed by atoms with van der Waals surface area (Å²) in [6, 6.07) is 8.05. The van der Waals surface area contributed by atoms with Crippen LogP contribution in [0, 0.1) is 11.6 Å². The van der Waals surface area contributed by atoms with Crippen molar-refractivity contribution in [1.29, 1.82) is 0 Å². The third kappa shape index (κ3) is 3.72. The highest BCUT2D eigenvalue weighted by atomic mass is 32.2. The SMILES string of the molecule is CN(C)S(=O)(=O)c1cc(NC(=O)c2ccc(F)cc2)ccc1F. The van der Waals surface area contributed by atoms with Gasteiger partial charge in [-0.05, 0) is 42.5 Å². The van der Waals surface area contributed by atoms with Crippen LogP contribution in [0.25, 0.3) is 0 Å². The summed E-state index contributed by atoms with van der Waals surface area (Å²) in [5.41, 5.74) is 0.300. The van der Waals surface area contributed by atoms with Crippen LogP contribution in [0.5, 0.6) is 0 Å². The molecule has 0 spiro atoms. The first kappa shape index (κ1) is 17.0. The van der Waals surface area contributed by atoms with Crippen LogP contribution in [0.15, 0.2) is 47.4 Å². The van der Waals surface area contributed by atoms with E-state index in [-0.39, 0.29) is 11.3 Å². The van der Waals surface area contributed by atoms with Crippen molar-refractivity contribution in [1.82, 2.24) is 4.31 Å². The van der Waals surface area contributed by atoms with Gasteiger partial charge in [-0.3, -0.25) is 4.79 Å². The Kier molecular flexibility index (Phi) is 4.76. The van der Waals surface area contributed by atoms with Crippen LogP contribution >= 0.6 is 0 Å². The molecule has 0 saturated carbocycles. The molecule has 0 aliphatic rings. The fourth-order valence-corrected chi connectivity index (χ4v) is 2.76. The van der Waals surface area contributed by atoms with Crippen molar-refractivity contribution in [3.05, 3.63) is 59.7 Å². The molecule has 0 aromatic heterocycles. The van der Waals surface area contributed by atoms with E-state index in [1.807, 2.05) is 0 Å². The second-order valence-corrected chi connectivity index (χ2v) is 7.01. The number of sulfonamides is 1. The lowest BCUT2D eigenvalue weighted by molar-refractivity contribution is 0.102. The molecule has 0 atom stereocenters. The molecule has 0 aliphatic heterocycles. The Morgan fingerprint density at radius 2 is 1.65 bits per heavy atom. The number of hydrogen-bond donors (Lipinski definition) is 1. The van der Waals surface area contributed by atoms with Gasteiger partial charge in [-0.25, -0.2) is 21.5 Å². The van der Waals surface area contributed by atoms with Crippen LogP contribution in [0.3, 0.4) is 0 Å². The molecule has 2 aromatic carbocycles. The van der Waals surface area contributed by atoms with E-state index in [4.69, 9.17) is 0 Å². The number of nitrogens with zero attached hydrogens (tertiary/aromatic N) is 1. The first-order valence-electron chi connectivity index (χ1n) is 6.51. The topological polar surface area (TPSA) is 66.5 Å². The van der Waals surface area contributed by atoms with E-state index in [0.717, 1.165) is 28.6 Å². The lowest BCUT2D eigenvalue weighted by Crippen LogP contribution is -2.23. The van der Waals surface area contributed by atoms with Crippen molar-refractivity contribution in [2.75, 3.05) is 19.4 Å². The van der Waals surface area contributed by atoms with E-state index >= 15 is 0 Å². The maximum Gasteiger partial charge on any atom is 0.255 e. The van der Waals surface area contributed by atoms with Crippen LogP contribution in [0.2, 0.25) is 0 Å². The van der Waals surface area contributed by atoms with Crippen LogP contribution in [0.4, 0.5) is 14.5 Å². The quantitative estimate of drug-likeness (QED) is 0.930. The van der Waals surface area contributed by atoms with Gasteiger partial charge in [-0.2, -0.15) is 0 Å². The fraction of sp³-hybridized carbons (Fsp3) is 0.133. The lowest BCUT2D eigenvalue weighted by atomic mass is 10.2. The standard InChI is InChI=1S/C15H14F2N2O3S/c1-19(2)23(21,22)14-9-12(7-8-13(14)17)18-15(20)10-3-5-11(16)6-4-10/h3-9H,1-2H3,(H,18,20). The van der Waals surface area contributed by atoms with Crippen molar-refractivity contribution >= 4 is 21.6 Å². The molecule has 5 nitrogen and oxygen atoms in total. The molecule has 0 heterocycles. The fourth-order valence-electron chi connectivity index (χ4n) is 1.78. The van der Waals surface area contributed by atoms with E-state index < -0.39 is 32.5 Å². The van der Waals surface area contributed by atoms with Crippen molar-refractivity contribution in [3.63, 3.8) is 0 Å². The minimum atomic E-state index is -3.98. The number of anilines is 1. The number of benzene rings is 2. The van der Waals surface area contributed by atoms with Crippen molar-refractivity contribution in [3.8, 4) is 0 Å². The summed E-state index contributed by atoms with van der Waals surface area (Å²) in [5, 5.41) is 2.45. The molecule has 1 amide bonds. The molecule has 122 valence electrons. The minimum absolute atomic E-state index is 0.112.